The lowest BCUT2D eigenvalue weighted by Crippen LogP contribution is -2.52. The molecular weight excluding hydrogens is 531 g/mol. The van der Waals surface area contributed by atoms with E-state index in [4.69, 9.17) is 4.74 Å². The number of halogens is 3. The van der Waals surface area contributed by atoms with E-state index < -0.39 is 11.7 Å². The fourth-order valence-electron chi connectivity index (χ4n) is 5.03. The molecule has 1 atom stereocenters. The van der Waals surface area contributed by atoms with Crippen molar-refractivity contribution in [1.82, 2.24) is 19.3 Å². The zero-order valence-corrected chi connectivity index (χ0v) is 23.6. The molecule has 1 amide bonds. The molecule has 0 spiro atoms. The van der Waals surface area contributed by atoms with Crippen molar-refractivity contribution in [3.8, 4) is 22.9 Å². The summed E-state index contributed by atoms with van der Waals surface area (Å²) in [5, 5.41) is 9.30. The second-order valence-electron chi connectivity index (χ2n) is 10.3. The van der Waals surface area contributed by atoms with Gasteiger partial charge in [-0.05, 0) is 54.9 Å². The van der Waals surface area contributed by atoms with Crippen LogP contribution < -0.4 is 9.22 Å². The van der Waals surface area contributed by atoms with Crippen LogP contribution in [-0.2, 0) is 17.5 Å². The Morgan fingerprint density at radius 3 is 2.34 bits per heavy atom. The predicted molar refractivity (Wildman–Crippen MR) is 152 cm³/mol. The topological polar surface area (TPSA) is 69.5 Å². The van der Waals surface area contributed by atoms with Gasteiger partial charge in [0.2, 0.25) is 6.61 Å². The number of pyridine rings is 1. The summed E-state index contributed by atoms with van der Waals surface area (Å²) in [4.78, 5) is 21.8. The van der Waals surface area contributed by atoms with Gasteiger partial charge in [0.1, 0.15) is 23.2 Å². The molecule has 0 saturated carbocycles. The molecule has 0 N–H and O–H groups in total. The van der Waals surface area contributed by atoms with Gasteiger partial charge >= 0.3 is 12.1 Å². The minimum atomic E-state index is -4.55. The molecular formula is C31H35F3N5O2+. The molecule has 1 aliphatic heterocycles. The van der Waals surface area contributed by atoms with Crippen molar-refractivity contribution < 1.29 is 22.7 Å². The molecule has 10 heteroatoms. The average molecular weight is 567 g/mol. The number of hydrogen-bond acceptors (Lipinski definition) is 6. The average Bonchev–Trinajstić information content (AvgIpc) is 2.99. The number of hydrogen-bond donors (Lipinski definition) is 0. The summed E-state index contributed by atoms with van der Waals surface area (Å²) < 4.78 is 48.0. The molecule has 216 valence electrons. The lowest BCUT2D eigenvalue weighted by molar-refractivity contribution is -0.139. The van der Waals surface area contributed by atoms with Gasteiger partial charge in [0.05, 0.1) is 19.2 Å². The minimum Gasteiger partial charge on any atom is -0.479 e. The summed E-state index contributed by atoms with van der Waals surface area (Å²) in [6.07, 6.45) is -3.00. The zero-order valence-electron chi connectivity index (χ0n) is 23.6. The second kappa shape index (κ2) is 12.8. The van der Waals surface area contributed by atoms with Crippen LogP contribution in [0.4, 0.5) is 18.9 Å². The number of carbonyl (C=O) groups excluding carboxylic acids is 1. The third-order valence-corrected chi connectivity index (χ3v) is 7.90. The number of rotatable bonds is 9. The maximum absolute atomic E-state index is 14.2. The highest BCUT2D eigenvalue weighted by Crippen LogP contribution is 2.37. The number of aromatic nitrogens is 1. The van der Waals surface area contributed by atoms with E-state index in [2.05, 4.69) is 22.9 Å². The van der Waals surface area contributed by atoms with E-state index in [1.54, 1.807) is 62.6 Å². The minimum absolute atomic E-state index is 0.213. The zero-order chi connectivity index (χ0) is 29.6. The third-order valence-electron chi connectivity index (χ3n) is 7.90. The summed E-state index contributed by atoms with van der Waals surface area (Å²) >= 11 is 0. The van der Waals surface area contributed by atoms with Gasteiger partial charge in [-0.3, -0.25) is 4.90 Å². The molecule has 1 aliphatic rings. The maximum atomic E-state index is 14.2. The van der Waals surface area contributed by atoms with Gasteiger partial charge in [-0.15, -0.1) is 0 Å². The quantitative estimate of drug-likeness (QED) is 0.326. The van der Waals surface area contributed by atoms with Crippen molar-refractivity contribution >= 4 is 11.6 Å². The van der Waals surface area contributed by atoms with Gasteiger partial charge in [-0.2, -0.15) is 18.4 Å². The van der Waals surface area contributed by atoms with Crippen molar-refractivity contribution in [2.45, 2.75) is 26.6 Å². The van der Waals surface area contributed by atoms with Gasteiger partial charge in [0.15, 0.2) is 0 Å². The van der Waals surface area contributed by atoms with Crippen molar-refractivity contribution in [2.24, 2.45) is 0 Å². The number of likely N-dealkylation sites (N-methyl/N-ethyl adjacent to an activating group) is 2. The number of alkyl halides is 3. The first kappa shape index (κ1) is 30.2. The number of nitrogens with zero attached hydrogens (tertiary/aromatic N) is 5. The normalized spacial score (nSPS) is 16.1. The van der Waals surface area contributed by atoms with Gasteiger partial charge in [-0.25, -0.2) is 14.3 Å². The van der Waals surface area contributed by atoms with Crippen molar-refractivity contribution in [2.75, 3.05) is 52.9 Å². The van der Waals surface area contributed by atoms with E-state index in [0.29, 0.717) is 30.1 Å². The van der Waals surface area contributed by atoms with Crippen LogP contribution in [0.3, 0.4) is 0 Å². The van der Waals surface area contributed by atoms with Crippen molar-refractivity contribution in [3.05, 3.63) is 77.6 Å². The molecule has 2 aromatic carbocycles. The van der Waals surface area contributed by atoms with Gasteiger partial charge in [-0.1, -0.05) is 25.1 Å². The van der Waals surface area contributed by atoms with E-state index >= 15 is 0 Å². The number of nitriles is 1. The first-order valence-electron chi connectivity index (χ1n) is 13.7. The van der Waals surface area contributed by atoms with Crippen LogP contribution in [0.15, 0.2) is 60.8 Å². The molecule has 0 bridgehead atoms. The molecule has 1 unspecified atom stereocenters. The van der Waals surface area contributed by atoms with Crippen LogP contribution in [0.25, 0.3) is 11.1 Å². The first-order chi connectivity index (χ1) is 19.6. The molecule has 3 aromatic rings. The van der Waals surface area contributed by atoms with Gasteiger partial charge in [0.25, 0.3) is 0 Å². The van der Waals surface area contributed by atoms with Crippen LogP contribution in [0.1, 0.15) is 30.7 Å². The third kappa shape index (κ3) is 6.93. The summed E-state index contributed by atoms with van der Waals surface area (Å²) in [5.41, 5.74) is 1.53. The molecule has 0 aliphatic carbocycles. The fraction of sp³-hybridized carbons (Fsp3) is 0.387. The van der Waals surface area contributed by atoms with E-state index in [0.717, 1.165) is 31.3 Å². The second-order valence-corrected chi connectivity index (χ2v) is 10.3. The lowest BCUT2D eigenvalue weighted by Gasteiger charge is -2.35. The van der Waals surface area contributed by atoms with E-state index in [1.807, 2.05) is 4.90 Å². The molecule has 0 radical (unpaired) electrons. The molecule has 41 heavy (non-hydrogen) atoms. The molecule has 4 rings (SSSR count). The Morgan fingerprint density at radius 2 is 1.73 bits per heavy atom. The largest absolute Gasteiger partial charge is 0.479 e. The van der Waals surface area contributed by atoms with E-state index in [-0.39, 0.29) is 41.3 Å². The Morgan fingerprint density at radius 1 is 1.05 bits per heavy atom. The molecule has 1 aromatic heterocycles. The summed E-state index contributed by atoms with van der Waals surface area (Å²) in [5.74, 6) is 0.0637. The molecule has 1 saturated heterocycles. The number of benzene rings is 2. The number of ether oxygens (including phenoxy) is 1. The molecule has 1 fully saturated rings. The van der Waals surface area contributed by atoms with Crippen molar-refractivity contribution in [1.29, 1.82) is 5.26 Å². The number of carbonyl (C=O) groups is 1. The molecule has 2 heterocycles. The summed E-state index contributed by atoms with van der Waals surface area (Å²) in [7, 11) is 1.61. The lowest BCUT2D eigenvalue weighted by atomic mass is 10.0. The van der Waals surface area contributed by atoms with Crippen LogP contribution in [-0.4, -0.2) is 73.6 Å². The van der Waals surface area contributed by atoms with Gasteiger partial charge in [0, 0.05) is 50.6 Å². The highest BCUT2D eigenvalue weighted by molar-refractivity contribution is 5.89. The van der Waals surface area contributed by atoms with E-state index in [1.165, 1.54) is 6.07 Å². The van der Waals surface area contributed by atoms with Crippen LogP contribution in [0.2, 0.25) is 0 Å². The number of amides is 1. The Kier molecular flexibility index (Phi) is 9.43. The van der Waals surface area contributed by atoms with E-state index in [9.17, 15) is 23.2 Å². The first-order valence-corrected chi connectivity index (χ1v) is 13.7. The van der Waals surface area contributed by atoms with Gasteiger partial charge < -0.3 is 9.64 Å². The number of quaternary nitrogens is 1. The fourth-order valence-corrected chi connectivity index (χ4v) is 5.03. The van der Waals surface area contributed by atoms with Crippen molar-refractivity contribution in [3.63, 3.8) is 0 Å². The van der Waals surface area contributed by atoms with Crippen LogP contribution >= 0.6 is 0 Å². The summed E-state index contributed by atoms with van der Waals surface area (Å²) in [6, 6.07) is 16.8. The Labute approximate surface area is 239 Å². The predicted octanol–water partition coefficient (Wildman–Crippen LogP) is 5.34. The maximum Gasteiger partial charge on any atom is 0.416 e. The van der Waals surface area contributed by atoms with Crippen LogP contribution in [0.5, 0.6) is 5.75 Å². The monoisotopic (exact) mass is 566 g/mol. The highest BCUT2D eigenvalue weighted by atomic mass is 19.4. The standard InChI is InChI=1S/C31H35F3N5O2/c1-4-37-15-17-38(18-16-37)21-24-8-11-25(19-28(24)31(32,33)34)39(3,5-2)30(40)22-41-26-12-9-23(10-13-26)27-7-6-14-36-29(27)20-35/h6-14,19H,4-5,15-18,21-22H2,1-3H3/q+1. The number of piperazine rings is 1. The smallest absolute Gasteiger partial charge is 0.416 e. The Bertz CT molecular complexity index is 1400. The SMILES string of the molecule is CCN1CCN(Cc2ccc([N+](C)(CC)C(=O)COc3ccc(-c4cccnc4C#N)cc3)cc2C(F)(F)F)CC1. The highest BCUT2D eigenvalue weighted by Gasteiger charge is 2.39. The molecule has 7 nitrogen and oxygen atoms in total. The van der Waals surface area contributed by atoms with Crippen LogP contribution in [0, 0.1) is 11.3 Å². The Hall–Kier alpha value is -3.78. The summed E-state index contributed by atoms with van der Waals surface area (Å²) in [6.45, 7) is 8.04. The Balaban J connectivity index is 1.49.